The fourth-order valence-electron chi connectivity index (χ4n) is 4.45. The molecular weight excluding hydrogens is 364 g/mol. The van der Waals surface area contributed by atoms with Crippen molar-refractivity contribution >= 4 is 22.8 Å². The summed E-state index contributed by atoms with van der Waals surface area (Å²) in [7, 11) is 0. The Morgan fingerprint density at radius 3 is 3.00 bits per heavy atom. The summed E-state index contributed by atoms with van der Waals surface area (Å²) in [5.41, 5.74) is 2.21. The van der Waals surface area contributed by atoms with Crippen LogP contribution in [0.2, 0.25) is 0 Å². The fraction of sp³-hybridized carbons (Fsp3) is 0.364. The number of hydrogen-bond acceptors (Lipinski definition) is 5. The standard InChI is InChI=1S/C22H22N6O/c1-15-12-28(19(29)10-16-3-2-4-17(9-16)11-23)22(6-7-22)13-27(15)21-18-5-8-24-20(18)25-14-26-21/h2-5,8-9,14-15H,6-7,10,12-13H2,1H3,(H,24,25,26). The third-order valence-electron chi connectivity index (χ3n) is 6.16. The van der Waals surface area contributed by atoms with Crippen molar-refractivity contribution in [1.29, 1.82) is 5.26 Å². The molecule has 3 aromatic rings. The van der Waals surface area contributed by atoms with Gasteiger partial charge in [0.1, 0.15) is 17.8 Å². The summed E-state index contributed by atoms with van der Waals surface area (Å²) in [5.74, 6) is 1.07. The number of hydrogen-bond donors (Lipinski definition) is 1. The highest BCUT2D eigenvalue weighted by Crippen LogP contribution is 2.46. The highest BCUT2D eigenvalue weighted by atomic mass is 16.2. The van der Waals surface area contributed by atoms with E-state index in [-0.39, 0.29) is 17.5 Å². The van der Waals surface area contributed by atoms with Gasteiger partial charge in [-0.2, -0.15) is 5.26 Å². The van der Waals surface area contributed by atoms with Crippen LogP contribution in [-0.2, 0) is 11.2 Å². The van der Waals surface area contributed by atoms with E-state index >= 15 is 0 Å². The molecule has 1 aliphatic carbocycles. The molecule has 0 bridgehead atoms. The van der Waals surface area contributed by atoms with Crippen LogP contribution in [0, 0.1) is 11.3 Å². The molecule has 3 heterocycles. The maximum Gasteiger partial charge on any atom is 0.227 e. The van der Waals surface area contributed by atoms with Gasteiger partial charge in [0.15, 0.2) is 0 Å². The predicted octanol–water partition coefficient (Wildman–Crippen LogP) is 2.64. The SMILES string of the molecule is CC1CN(C(=O)Cc2cccc(C#N)c2)C2(CC2)CN1c1ncnc2[nH]ccc12. The summed E-state index contributed by atoms with van der Waals surface area (Å²) in [5, 5.41) is 10.1. The van der Waals surface area contributed by atoms with Crippen molar-refractivity contribution < 1.29 is 4.79 Å². The van der Waals surface area contributed by atoms with Gasteiger partial charge in [0.2, 0.25) is 5.91 Å². The predicted molar refractivity (Wildman–Crippen MR) is 109 cm³/mol. The van der Waals surface area contributed by atoms with Crippen LogP contribution in [0.15, 0.2) is 42.9 Å². The highest BCUT2D eigenvalue weighted by Gasteiger charge is 2.54. The first-order chi connectivity index (χ1) is 14.1. The Balaban J connectivity index is 1.39. The van der Waals surface area contributed by atoms with Crippen LogP contribution in [0.25, 0.3) is 11.0 Å². The molecule has 2 fully saturated rings. The number of benzene rings is 1. The van der Waals surface area contributed by atoms with Crippen molar-refractivity contribution in [1.82, 2.24) is 19.9 Å². The average molecular weight is 386 g/mol. The number of aromatic amines is 1. The number of rotatable bonds is 3. The molecule has 1 saturated heterocycles. The van der Waals surface area contributed by atoms with Crippen molar-refractivity contribution in [3.05, 3.63) is 54.0 Å². The van der Waals surface area contributed by atoms with E-state index in [2.05, 4.69) is 37.7 Å². The monoisotopic (exact) mass is 386 g/mol. The molecule has 1 spiro atoms. The number of carbonyl (C=O) groups excluding carboxylic acids is 1. The maximum absolute atomic E-state index is 13.2. The van der Waals surface area contributed by atoms with Gasteiger partial charge in [0.25, 0.3) is 0 Å². The molecule has 1 amide bonds. The van der Waals surface area contributed by atoms with Crippen LogP contribution in [0.5, 0.6) is 0 Å². The van der Waals surface area contributed by atoms with Gasteiger partial charge in [0, 0.05) is 25.3 Å². The van der Waals surface area contributed by atoms with E-state index in [9.17, 15) is 4.79 Å². The van der Waals surface area contributed by atoms with E-state index in [1.807, 2.05) is 24.4 Å². The first kappa shape index (κ1) is 17.7. The summed E-state index contributed by atoms with van der Waals surface area (Å²) in [6.45, 7) is 3.61. The van der Waals surface area contributed by atoms with E-state index in [4.69, 9.17) is 5.26 Å². The van der Waals surface area contributed by atoms with Crippen molar-refractivity contribution in [3.63, 3.8) is 0 Å². The number of nitriles is 1. The second-order valence-electron chi connectivity index (χ2n) is 8.13. The number of fused-ring (bicyclic) bond motifs is 1. The Kier molecular flexibility index (Phi) is 4.02. The second-order valence-corrected chi connectivity index (χ2v) is 8.13. The molecule has 7 heteroatoms. The molecule has 1 N–H and O–H groups in total. The van der Waals surface area contributed by atoms with E-state index in [1.54, 1.807) is 18.5 Å². The fourth-order valence-corrected chi connectivity index (χ4v) is 4.45. The zero-order valence-electron chi connectivity index (χ0n) is 16.3. The number of piperazine rings is 1. The third-order valence-corrected chi connectivity index (χ3v) is 6.16. The summed E-state index contributed by atoms with van der Waals surface area (Å²) in [4.78, 5) is 29.6. The Hall–Kier alpha value is -3.40. The lowest BCUT2D eigenvalue weighted by Gasteiger charge is -2.46. The number of nitrogens with zero attached hydrogens (tertiary/aromatic N) is 5. The van der Waals surface area contributed by atoms with E-state index in [1.165, 1.54) is 0 Å². The highest BCUT2D eigenvalue weighted by molar-refractivity contribution is 5.88. The molecule has 2 aromatic heterocycles. The van der Waals surface area contributed by atoms with Crippen LogP contribution in [0.4, 0.5) is 5.82 Å². The van der Waals surface area contributed by atoms with Crippen molar-refractivity contribution in [2.24, 2.45) is 0 Å². The lowest BCUT2D eigenvalue weighted by Crippen LogP contribution is -2.61. The Labute approximate surface area is 169 Å². The topological polar surface area (TPSA) is 88.9 Å². The number of nitrogens with one attached hydrogen (secondary N) is 1. The van der Waals surface area contributed by atoms with E-state index in [0.29, 0.717) is 18.5 Å². The average Bonchev–Trinajstić information content (AvgIpc) is 3.32. The molecule has 1 saturated carbocycles. The Morgan fingerprint density at radius 1 is 1.34 bits per heavy atom. The maximum atomic E-state index is 13.2. The summed E-state index contributed by atoms with van der Waals surface area (Å²) < 4.78 is 0. The summed E-state index contributed by atoms with van der Waals surface area (Å²) >= 11 is 0. The number of anilines is 1. The first-order valence-electron chi connectivity index (χ1n) is 9.94. The number of aromatic nitrogens is 3. The van der Waals surface area contributed by atoms with Gasteiger partial charge in [-0.15, -0.1) is 0 Å². The molecule has 1 aromatic carbocycles. The Morgan fingerprint density at radius 2 is 2.21 bits per heavy atom. The number of amides is 1. The molecule has 146 valence electrons. The van der Waals surface area contributed by atoms with Crippen LogP contribution < -0.4 is 4.90 Å². The molecular formula is C22H22N6O. The minimum atomic E-state index is -0.107. The van der Waals surface area contributed by atoms with Crippen LogP contribution in [-0.4, -0.2) is 50.4 Å². The second kappa shape index (κ2) is 6.59. The zero-order valence-corrected chi connectivity index (χ0v) is 16.3. The first-order valence-corrected chi connectivity index (χ1v) is 9.94. The molecule has 29 heavy (non-hydrogen) atoms. The van der Waals surface area contributed by atoms with Gasteiger partial charge in [-0.05, 0) is 43.5 Å². The van der Waals surface area contributed by atoms with Gasteiger partial charge >= 0.3 is 0 Å². The van der Waals surface area contributed by atoms with Crippen molar-refractivity contribution in [3.8, 4) is 6.07 Å². The lowest BCUT2D eigenvalue weighted by atomic mass is 10.0. The minimum Gasteiger partial charge on any atom is -0.349 e. The van der Waals surface area contributed by atoms with Gasteiger partial charge in [-0.3, -0.25) is 4.79 Å². The van der Waals surface area contributed by atoms with Gasteiger partial charge < -0.3 is 14.8 Å². The third kappa shape index (κ3) is 3.01. The minimum absolute atomic E-state index is 0.107. The van der Waals surface area contributed by atoms with E-state index < -0.39 is 0 Å². The van der Waals surface area contributed by atoms with Crippen molar-refractivity contribution in [2.45, 2.75) is 37.8 Å². The van der Waals surface area contributed by atoms with E-state index in [0.717, 1.165) is 41.8 Å². The van der Waals surface area contributed by atoms with Crippen LogP contribution in [0.3, 0.4) is 0 Å². The van der Waals surface area contributed by atoms with Gasteiger partial charge in [0.05, 0.1) is 29.0 Å². The molecule has 1 atom stereocenters. The van der Waals surface area contributed by atoms with Crippen molar-refractivity contribution in [2.75, 3.05) is 18.0 Å². The molecule has 1 aliphatic heterocycles. The molecule has 1 unspecified atom stereocenters. The number of H-pyrrole nitrogens is 1. The largest absolute Gasteiger partial charge is 0.349 e. The van der Waals surface area contributed by atoms with Crippen LogP contribution in [0.1, 0.15) is 30.9 Å². The van der Waals surface area contributed by atoms with Gasteiger partial charge in [-0.25, -0.2) is 9.97 Å². The quantitative estimate of drug-likeness (QED) is 0.747. The smallest absolute Gasteiger partial charge is 0.227 e. The molecule has 5 rings (SSSR count). The van der Waals surface area contributed by atoms with Crippen LogP contribution >= 0.6 is 0 Å². The molecule has 0 radical (unpaired) electrons. The molecule has 7 nitrogen and oxygen atoms in total. The number of carbonyl (C=O) groups is 1. The normalized spacial score (nSPS) is 20.1. The summed E-state index contributed by atoms with van der Waals surface area (Å²) in [6.07, 6.45) is 5.85. The molecule has 2 aliphatic rings. The summed E-state index contributed by atoms with van der Waals surface area (Å²) in [6, 6.07) is 11.6. The lowest BCUT2D eigenvalue weighted by molar-refractivity contribution is -0.134. The van der Waals surface area contributed by atoms with Gasteiger partial charge in [-0.1, -0.05) is 12.1 Å². The Bertz CT molecular complexity index is 1130. The zero-order chi connectivity index (χ0) is 20.0.